The molecule has 0 bridgehead atoms. The molecule has 0 radical (unpaired) electrons. The molecule has 0 aromatic rings. The van der Waals surface area contributed by atoms with Gasteiger partial charge >= 0.3 is 0 Å². The van der Waals surface area contributed by atoms with Crippen LogP contribution in [0.5, 0.6) is 0 Å². The molecule has 1 fully saturated rings. The fourth-order valence-corrected chi connectivity index (χ4v) is 1.02. The SMILES string of the molecule is O=CC(O)CCC1CC1(F)F. The van der Waals surface area contributed by atoms with Crippen molar-refractivity contribution in [3.63, 3.8) is 0 Å². The topological polar surface area (TPSA) is 37.3 Å². The third-order valence-corrected chi connectivity index (χ3v) is 1.92. The van der Waals surface area contributed by atoms with Crippen LogP contribution in [-0.2, 0) is 4.79 Å². The number of rotatable bonds is 4. The van der Waals surface area contributed by atoms with E-state index in [1.165, 1.54) is 0 Å². The summed E-state index contributed by atoms with van der Waals surface area (Å²) in [6, 6.07) is 0. The molecule has 1 aliphatic rings. The third kappa shape index (κ3) is 2.22. The molecule has 2 atom stereocenters. The van der Waals surface area contributed by atoms with Gasteiger partial charge in [-0.25, -0.2) is 8.78 Å². The maximum absolute atomic E-state index is 12.2. The van der Waals surface area contributed by atoms with E-state index in [1.807, 2.05) is 0 Å². The van der Waals surface area contributed by atoms with Gasteiger partial charge in [-0.15, -0.1) is 0 Å². The Morgan fingerprint density at radius 1 is 1.73 bits per heavy atom. The average Bonchev–Trinajstić information content (AvgIpc) is 2.54. The molecule has 4 heteroatoms. The fourth-order valence-electron chi connectivity index (χ4n) is 1.02. The van der Waals surface area contributed by atoms with Crippen molar-refractivity contribution in [1.29, 1.82) is 0 Å². The Bertz CT molecular complexity index is 159. The highest BCUT2D eigenvalue weighted by atomic mass is 19.3. The lowest BCUT2D eigenvalue weighted by Crippen LogP contribution is -2.08. The van der Waals surface area contributed by atoms with E-state index in [9.17, 15) is 13.6 Å². The van der Waals surface area contributed by atoms with Crippen LogP contribution in [-0.4, -0.2) is 23.4 Å². The van der Waals surface area contributed by atoms with E-state index < -0.39 is 17.9 Å². The van der Waals surface area contributed by atoms with Crippen molar-refractivity contribution in [2.45, 2.75) is 31.3 Å². The van der Waals surface area contributed by atoms with Crippen LogP contribution >= 0.6 is 0 Å². The maximum atomic E-state index is 12.2. The Kier molecular flexibility index (Phi) is 2.23. The summed E-state index contributed by atoms with van der Waals surface area (Å²) in [5.74, 6) is -3.13. The molecule has 1 rings (SSSR count). The zero-order valence-electron chi connectivity index (χ0n) is 5.96. The van der Waals surface area contributed by atoms with E-state index in [1.54, 1.807) is 0 Å². The van der Waals surface area contributed by atoms with Gasteiger partial charge < -0.3 is 9.90 Å². The van der Waals surface area contributed by atoms with Gasteiger partial charge in [0.25, 0.3) is 5.92 Å². The van der Waals surface area contributed by atoms with E-state index in [0.717, 1.165) is 0 Å². The quantitative estimate of drug-likeness (QED) is 0.629. The first-order valence-corrected chi connectivity index (χ1v) is 3.57. The number of carbonyl (C=O) groups is 1. The molecule has 0 heterocycles. The minimum absolute atomic E-state index is 0.0847. The number of aliphatic hydroxyl groups is 1. The first-order valence-electron chi connectivity index (χ1n) is 3.57. The van der Waals surface area contributed by atoms with Crippen molar-refractivity contribution in [1.82, 2.24) is 0 Å². The number of carbonyl (C=O) groups excluding carboxylic acids is 1. The van der Waals surface area contributed by atoms with Crippen LogP contribution in [0.2, 0.25) is 0 Å². The Labute approximate surface area is 63.2 Å². The second kappa shape index (κ2) is 2.85. The highest BCUT2D eigenvalue weighted by molar-refractivity contribution is 5.55. The summed E-state index contributed by atoms with van der Waals surface area (Å²) in [6.45, 7) is 0. The lowest BCUT2D eigenvalue weighted by Gasteiger charge is -2.00. The number of hydrogen-bond donors (Lipinski definition) is 1. The van der Waals surface area contributed by atoms with Crippen molar-refractivity contribution in [3.8, 4) is 0 Å². The molecular weight excluding hydrogens is 154 g/mol. The van der Waals surface area contributed by atoms with Crippen LogP contribution in [0.3, 0.4) is 0 Å². The monoisotopic (exact) mass is 164 g/mol. The molecule has 64 valence electrons. The fraction of sp³-hybridized carbons (Fsp3) is 0.857. The number of hydrogen-bond acceptors (Lipinski definition) is 2. The lowest BCUT2D eigenvalue weighted by atomic mass is 10.1. The van der Waals surface area contributed by atoms with Crippen molar-refractivity contribution in [2.75, 3.05) is 0 Å². The Morgan fingerprint density at radius 3 is 2.64 bits per heavy atom. The molecule has 1 saturated carbocycles. The van der Waals surface area contributed by atoms with Crippen molar-refractivity contribution in [3.05, 3.63) is 0 Å². The zero-order valence-corrected chi connectivity index (χ0v) is 5.96. The molecule has 0 aromatic heterocycles. The van der Waals surface area contributed by atoms with Crippen LogP contribution in [0.1, 0.15) is 19.3 Å². The van der Waals surface area contributed by atoms with Gasteiger partial charge in [0.1, 0.15) is 12.4 Å². The normalized spacial score (nSPS) is 29.5. The van der Waals surface area contributed by atoms with E-state index in [-0.39, 0.29) is 19.3 Å². The van der Waals surface area contributed by atoms with Gasteiger partial charge in [0.2, 0.25) is 0 Å². The molecule has 0 spiro atoms. The summed E-state index contributed by atoms with van der Waals surface area (Å²) in [5, 5.41) is 8.69. The molecule has 1 aliphatic carbocycles. The van der Waals surface area contributed by atoms with Crippen LogP contribution in [0.15, 0.2) is 0 Å². The van der Waals surface area contributed by atoms with Crippen LogP contribution < -0.4 is 0 Å². The van der Waals surface area contributed by atoms with Crippen LogP contribution in [0, 0.1) is 5.92 Å². The standard InChI is InChI=1S/C7H10F2O2/c8-7(9)3-5(7)1-2-6(11)4-10/h4-6,11H,1-3H2. The first kappa shape index (κ1) is 8.59. The predicted molar refractivity (Wildman–Crippen MR) is 34.4 cm³/mol. The highest BCUT2D eigenvalue weighted by Gasteiger charge is 2.55. The summed E-state index contributed by atoms with van der Waals surface area (Å²) >= 11 is 0. The van der Waals surface area contributed by atoms with Crippen molar-refractivity contribution < 1.29 is 18.7 Å². The van der Waals surface area contributed by atoms with E-state index in [2.05, 4.69) is 0 Å². The van der Waals surface area contributed by atoms with Gasteiger partial charge in [-0.1, -0.05) is 0 Å². The minimum Gasteiger partial charge on any atom is -0.386 e. The lowest BCUT2D eigenvalue weighted by molar-refractivity contribution is -0.115. The Balaban J connectivity index is 2.10. The largest absolute Gasteiger partial charge is 0.386 e. The summed E-state index contributed by atoms with van der Waals surface area (Å²) in [4.78, 5) is 9.86. The van der Waals surface area contributed by atoms with Crippen LogP contribution in [0.4, 0.5) is 8.78 Å². The molecule has 0 saturated heterocycles. The van der Waals surface area contributed by atoms with E-state index in [4.69, 9.17) is 5.11 Å². The molecule has 1 N–H and O–H groups in total. The summed E-state index contributed by atoms with van der Waals surface area (Å²) < 4.78 is 24.4. The maximum Gasteiger partial charge on any atom is 0.251 e. The average molecular weight is 164 g/mol. The van der Waals surface area contributed by atoms with E-state index >= 15 is 0 Å². The van der Waals surface area contributed by atoms with Gasteiger partial charge in [-0.3, -0.25) is 0 Å². The highest BCUT2D eigenvalue weighted by Crippen LogP contribution is 2.51. The summed E-state index contributed by atoms with van der Waals surface area (Å²) in [6.07, 6.45) is -0.373. The summed E-state index contributed by atoms with van der Waals surface area (Å²) in [5.41, 5.74) is 0. The zero-order chi connectivity index (χ0) is 8.48. The number of alkyl halides is 2. The van der Waals surface area contributed by atoms with Gasteiger partial charge in [0, 0.05) is 12.3 Å². The van der Waals surface area contributed by atoms with Crippen LogP contribution in [0.25, 0.3) is 0 Å². The van der Waals surface area contributed by atoms with Gasteiger partial charge in [0.05, 0.1) is 0 Å². The Hall–Kier alpha value is -0.510. The van der Waals surface area contributed by atoms with Crippen molar-refractivity contribution in [2.24, 2.45) is 5.92 Å². The van der Waals surface area contributed by atoms with Gasteiger partial charge in [-0.2, -0.15) is 0 Å². The second-order valence-corrected chi connectivity index (χ2v) is 2.94. The number of halogens is 2. The number of aliphatic hydroxyl groups excluding tert-OH is 1. The van der Waals surface area contributed by atoms with Crippen molar-refractivity contribution >= 4 is 6.29 Å². The first-order chi connectivity index (χ1) is 5.06. The number of aldehydes is 1. The minimum atomic E-state index is -2.53. The van der Waals surface area contributed by atoms with Gasteiger partial charge in [0.15, 0.2) is 0 Å². The molecule has 2 nitrogen and oxygen atoms in total. The molecular formula is C7H10F2O2. The molecule has 11 heavy (non-hydrogen) atoms. The van der Waals surface area contributed by atoms with Gasteiger partial charge in [-0.05, 0) is 12.8 Å². The smallest absolute Gasteiger partial charge is 0.251 e. The Morgan fingerprint density at radius 2 is 2.27 bits per heavy atom. The molecule has 0 amide bonds. The molecule has 2 unspecified atom stereocenters. The second-order valence-electron chi connectivity index (χ2n) is 2.94. The van der Waals surface area contributed by atoms with E-state index in [0.29, 0.717) is 6.29 Å². The molecule has 0 aliphatic heterocycles. The summed E-state index contributed by atoms with van der Waals surface area (Å²) in [7, 11) is 0. The predicted octanol–water partition coefficient (Wildman–Crippen LogP) is 0.982. The third-order valence-electron chi connectivity index (χ3n) is 1.92. The molecule has 0 aromatic carbocycles.